The highest BCUT2D eigenvalue weighted by Gasteiger charge is 2.06. The monoisotopic (exact) mass is 293 g/mol. The summed E-state index contributed by atoms with van der Waals surface area (Å²) in [7, 11) is 0. The fourth-order valence-electron chi connectivity index (χ4n) is 2.21. The second-order valence-electron chi connectivity index (χ2n) is 5.20. The highest BCUT2D eigenvalue weighted by Crippen LogP contribution is 2.16. The van der Waals surface area contributed by atoms with Gasteiger partial charge in [0.2, 0.25) is 5.91 Å². The summed E-state index contributed by atoms with van der Waals surface area (Å²) in [5, 5.41) is 15.0. The molecule has 0 atom stereocenters. The summed E-state index contributed by atoms with van der Waals surface area (Å²) in [5.74, 6) is -0.0473. The van der Waals surface area contributed by atoms with Crippen molar-refractivity contribution >= 4 is 17.3 Å². The van der Waals surface area contributed by atoms with Crippen molar-refractivity contribution in [1.29, 1.82) is 5.26 Å². The molecule has 0 aliphatic carbocycles. The number of nitrogens with zero attached hydrogens (tertiary/aromatic N) is 1. The van der Waals surface area contributed by atoms with Crippen LogP contribution in [0.25, 0.3) is 0 Å². The number of aryl methyl sites for hydroxylation is 2. The first-order valence-corrected chi connectivity index (χ1v) is 7.20. The van der Waals surface area contributed by atoms with Gasteiger partial charge in [-0.25, -0.2) is 0 Å². The van der Waals surface area contributed by atoms with Crippen molar-refractivity contribution in [2.45, 2.75) is 20.3 Å². The van der Waals surface area contributed by atoms with E-state index in [-0.39, 0.29) is 5.91 Å². The van der Waals surface area contributed by atoms with Crippen LogP contribution in [0.3, 0.4) is 0 Å². The van der Waals surface area contributed by atoms with Gasteiger partial charge >= 0.3 is 0 Å². The van der Waals surface area contributed by atoms with Crippen LogP contribution in [-0.4, -0.2) is 12.5 Å². The van der Waals surface area contributed by atoms with Gasteiger partial charge < -0.3 is 10.6 Å². The molecule has 0 bridgehead atoms. The number of carbonyl (C=O) groups is 1. The standard InChI is InChI=1S/C18H19N3O/c1-13-7-8-16(14(2)11-13)21-18(22)9-10-20-17-6-4-3-5-15(17)12-19/h3-8,11,20H,9-10H2,1-2H3,(H,21,22). The van der Waals surface area contributed by atoms with Crippen LogP contribution < -0.4 is 10.6 Å². The molecule has 0 radical (unpaired) electrons. The van der Waals surface area contributed by atoms with Gasteiger partial charge in [-0.15, -0.1) is 0 Å². The maximum absolute atomic E-state index is 12.0. The highest BCUT2D eigenvalue weighted by molar-refractivity contribution is 5.91. The molecule has 22 heavy (non-hydrogen) atoms. The highest BCUT2D eigenvalue weighted by atomic mass is 16.1. The predicted molar refractivity (Wildman–Crippen MR) is 88.8 cm³/mol. The van der Waals surface area contributed by atoms with E-state index >= 15 is 0 Å². The van der Waals surface area contributed by atoms with Crippen molar-refractivity contribution in [3.63, 3.8) is 0 Å². The van der Waals surface area contributed by atoms with Crippen molar-refractivity contribution in [3.8, 4) is 6.07 Å². The molecule has 0 saturated carbocycles. The zero-order valence-corrected chi connectivity index (χ0v) is 12.8. The Morgan fingerprint density at radius 1 is 1.14 bits per heavy atom. The van der Waals surface area contributed by atoms with Gasteiger partial charge in [0, 0.05) is 18.7 Å². The Hall–Kier alpha value is -2.80. The summed E-state index contributed by atoms with van der Waals surface area (Å²) in [4.78, 5) is 12.0. The van der Waals surface area contributed by atoms with Crippen molar-refractivity contribution in [2.75, 3.05) is 17.2 Å². The molecule has 0 spiro atoms. The Morgan fingerprint density at radius 2 is 1.91 bits per heavy atom. The minimum atomic E-state index is -0.0473. The van der Waals surface area contributed by atoms with Crippen LogP contribution in [0.1, 0.15) is 23.1 Å². The van der Waals surface area contributed by atoms with Crippen LogP contribution in [0.15, 0.2) is 42.5 Å². The topological polar surface area (TPSA) is 64.9 Å². The normalized spacial score (nSPS) is 9.86. The second kappa shape index (κ2) is 7.28. The zero-order chi connectivity index (χ0) is 15.9. The molecule has 0 aromatic heterocycles. The molecule has 2 aromatic rings. The molecular formula is C18H19N3O. The van der Waals surface area contributed by atoms with E-state index in [9.17, 15) is 4.79 Å². The van der Waals surface area contributed by atoms with Gasteiger partial charge in [-0.1, -0.05) is 29.8 Å². The van der Waals surface area contributed by atoms with Gasteiger partial charge in [0.1, 0.15) is 6.07 Å². The van der Waals surface area contributed by atoms with Crippen LogP contribution in [-0.2, 0) is 4.79 Å². The first-order valence-electron chi connectivity index (χ1n) is 7.20. The summed E-state index contributed by atoms with van der Waals surface area (Å²) >= 11 is 0. The first kappa shape index (κ1) is 15.6. The Balaban J connectivity index is 1.87. The number of nitriles is 1. The number of benzene rings is 2. The quantitative estimate of drug-likeness (QED) is 0.885. The van der Waals surface area contributed by atoms with E-state index < -0.39 is 0 Å². The lowest BCUT2D eigenvalue weighted by Crippen LogP contribution is -2.17. The lowest BCUT2D eigenvalue weighted by atomic mass is 10.1. The van der Waals surface area contributed by atoms with E-state index in [2.05, 4.69) is 16.7 Å². The van der Waals surface area contributed by atoms with Crippen molar-refractivity contribution in [1.82, 2.24) is 0 Å². The summed E-state index contributed by atoms with van der Waals surface area (Å²) in [6.45, 7) is 4.48. The minimum absolute atomic E-state index is 0.0473. The third-order valence-corrected chi connectivity index (χ3v) is 3.37. The number of nitrogens with one attached hydrogen (secondary N) is 2. The van der Waals surface area contributed by atoms with Crippen LogP contribution >= 0.6 is 0 Å². The lowest BCUT2D eigenvalue weighted by Gasteiger charge is -2.10. The predicted octanol–water partition coefficient (Wildman–Crippen LogP) is 3.62. The van der Waals surface area contributed by atoms with Gasteiger partial charge in [-0.2, -0.15) is 5.26 Å². The smallest absolute Gasteiger partial charge is 0.226 e. The molecule has 0 fully saturated rings. The molecule has 1 amide bonds. The van der Waals surface area contributed by atoms with Gasteiger partial charge in [0.05, 0.1) is 11.3 Å². The largest absolute Gasteiger partial charge is 0.383 e. The van der Waals surface area contributed by atoms with Crippen LogP contribution in [0, 0.1) is 25.2 Å². The molecule has 2 aromatic carbocycles. The Kier molecular flexibility index (Phi) is 5.16. The summed E-state index contributed by atoms with van der Waals surface area (Å²) in [6, 6.07) is 15.3. The zero-order valence-electron chi connectivity index (χ0n) is 12.8. The second-order valence-corrected chi connectivity index (χ2v) is 5.20. The molecule has 0 aliphatic heterocycles. The van der Waals surface area contributed by atoms with Gasteiger partial charge in [-0.3, -0.25) is 4.79 Å². The molecule has 4 nitrogen and oxygen atoms in total. The van der Waals surface area contributed by atoms with Gasteiger partial charge in [0.15, 0.2) is 0 Å². The van der Waals surface area contributed by atoms with Crippen LogP contribution in [0.4, 0.5) is 11.4 Å². The van der Waals surface area contributed by atoms with Gasteiger partial charge in [-0.05, 0) is 37.6 Å². The first-order chi connectivity index (χ1) is 10.6. The fraction of sp³-hybridized carbons (Fsp3) is 0.222. The molecule has 0 saturated heterocycles. The molecule has 4 heteroatoms. The fourth-order valence-corrected chi connectivity index (χ4v) is 2.21. The number of amides is 1. The van der Waals surface area contributed by atoms with Crippen LogP contribution in [0.2, 0.25) is 0 Å². The van der Waals surface area contributed by atoms with E-state index in [1.54, 1.807) is 6.07 Å². The number of anilines is 2. The lowest BCUT2D eigenvalue weighted by molar-refractivity contribution is -0.115. The van der Waals surface area contributed by atoms with Crippen molar-refractivity contribution in [3.05, 3.63) is 59.2 Å². The number of carbonyl (C=O) groups excluding carboxylic acids is 1. The molecule has 0 aliphatic rings. The summed E-state index contributed by atoms with van der Waals surface area (Å²) in [6.07, 6.45) is 0.340. The molecular weight excluding hydrogens is 274 g/mol. The number of hydrogen-bond donors (Lipinski definition) is 2. The van der Waals surface area contributed by atoms with Crippen LogP contribution in [0.5, 0.6) is 0 Å². The Morgan fingerprint density at radius 3 is 2.64 bits per heavy atom. The number of hydrogen-bond acceptors (Lipinski definition) is 3. The molecule has 0 unspecified atom stereocenters. The average Bonchev–Trinajstić information content (AvgIpc) is 2.50. The molecule has 0 heterocycles. The Labute approximate surface area is 130 Å². The third-order valence-electron chi connectivity index (χ3n) is 3.37. The van der Waals surface area contributed by atoms with Gasteiger partial charge in [0.25, 0.3) is 0 Å². The van der Waals surface area contributed by atoms with Crippen molar-refractivity contribution in [2.24, 2.45) is 0 Å². The Bertz CT molecular complexity index is 717. The van der Waals surface area contributed by atoms with E-state index in [0.717, 1.165) is 16.9 Å². The van der Waals surface area contributed by atoms with E-state index in [4.69, 9.17) is 5.26 Å². The molecule has 112 valence electrons. The summed E-state index contributed by atoms with van der Waals surface area (Å²) < 4.78 is 0. The van der Waals surface area contributed by atoms with E-state index in [1.165, 1.54) is 5.56 Å². The third kappa shape index (κ3) is 4.10. The maximum atomic E-state index is 12.0. The molecule has 2 rings (SSSR count). The van der Waals surface area contributed by atoms with E-state index in [1.807, 2.05) is 50.2 Å². The minimum Gasteiger partial charge on any atom is -0.383 e. The van der Waals surface area contributed by atoms with E-state index in [0.29, 0.717) is 18.5 Å². The maximum Gasteiger partial charge on any atom is 0.226 e. The number of para-hydroxylation sites is 1. The van der Waals surface area contributed by atoms with Crippen molar-refractivity contribution < 1.29 is 4.79 Å². The molecule has 2 N–H and O–H groups in total. The number of rotatable bonds is 5. The average molecular weight is 293 g/mol. The SMILES string of the molecule is Cc1ccc(NC(=O)CCNc2ccccc2C#N)c(C)c1. The summed E-state index contributed by atoms with van der Waals surface area (Å²) in [5.41, 5.74) is 4.40.